The van der Waals surface area contributed by atoms with Gasteiger partial charge in [-0.3, -0.25) is 9.59 Å². The van der Waals surface area contributed by atoms with Gasteiger partial charge in [-0.2, -0.15) is 0 Å². The molecule has 1 saturated carbocycles. The minimum Gasteiger partial charge on any atom is -0.497 e. The number of ether oxygens (including phenoxy) is 2. The van der Waals surface area contributed by atoms with Crippen LogP contribution in [0.15, 0.2) is 53.4 Å². The first-order valence-electron chi connectivity index (χ1n) is 12.1. The number of thioether (sulfide) groups is 1. The predicted octanol–water partition coefficient (Wildman–Crippen LogP) is 5.07. The molecule has 0 saturated heterocycles. The van der Waals surface area contributed by atoms with Gasteiger partial charge in [-0.15, -0.1) is 11.8 Å². The van der Waals surface area contributed by atoms with Gasteiger partial charge in [0.15, 0.2) is 6.10 Å². The van der Waals surface area contributed by atoms with E-state index in [1.54, 1.807) is 18.9 Å². The number of hydrogen-bond donors (Lipinski definition) is 0. The molecule has 0 spiro atoms. The van der Waals surface area contributed by atoms with Gasteiger partial charge in [0, 0.05) is 31.0 Å². The second kappa shape index (κ2) is 11.3. The lowest BCUT2D eigenvalue weighted by Gasteiger charge is -2.33. The number of para-hydroxylation sites is 1. The zero-order valence-corrected chi connectivity index (χ0v) is 21.1. The number of likely N-dealkylation sites (N-methyl/N-ethyl adjacent to an activating group) is 1. The molecule has 1 fully saturated rings. The number of benzene rings is 2. The molecule has 2 aromatic carbocycles. The van der Waals surface area contributed by atoms with E-state index in [4.69, 9.17) is 9.47 Å². The number of nitrogens with zero attached hydrogens (tertiary/aromatic N) is 2. The second-order valence-electron chi connectivity index (χ2n) is 9.07. The molecule has 0 bridgehead atoms. The average Bonchev–Trinajstić information content (AvgIpc) is 2.97. The molecule has 2 atom stereocenters. The number of carbonyl (C=O) groups excluding carboxylic acids is 2. The number of rotatable bonds is 7. The Hall–Kier alpha value is -2.51. The minimum atomic E-state index is -0.914. The van der Waals surface area contributed by atoms with Gasteiger partial charge in [0.2, 0.25) is 0 Å². The summed E-state index contributed by atoms with van der Waals surface area (Å²) < 4.78 is 11.0. The van der Waals surface area contributed by atoms with Crippen molar-refractivity contribution in [2.45, 2.75) is 61.3 Å². The van der Waals surface area contributed by atoms with Crippen LogP contribution in [0, 0.1) is 0 Å². The summed E-state index contributed by atoms with van der Waals surface area (Å²) in [4.78, 5) is 31.2. The van der Waals surface area contributed by atoms with E-state index < -0.39 is 12.1 Å². The zero-order valence-electron chi connectivity index (χ0n) is 20.2. The number of amides is 1. The number of esters is 1. The van der Waals surface area contributed by atoms with E-state index in [-0.39, 0.29) is 11.2 Å². The van der Waals surface area contributed by atoms with Gasteiger partial charge in [0.1, 0.15) is 5.75 Å². The van der Waals surface area contributed by atoms with Gasteiger partial charge in [0.25, 0.3) is 5.91 Å². The first-order valence-corrected chi connectivity index (χ1v) is 12.9. The first-order chi connectivity index (χ1) is 16.5. The Balaban J connectivity index is 1.64. The van der Waals surface area contributed by atoms with Crippen LogP contribution in [0.5, 0.6) is 5.75 Å². The standard InChI is InChI=1S/C27H34N2O4S/c1-19(30)33-25-26(20-13-15-22(32-3)16-14-20)34-24-12-8-7-11-23(24)29(27(25)31)18-17-28(2)21-9-5-4-6-10-21/h7-8,11-16,21,25-26H,4-6,9-10,17-18H2,1-3H3/t25-,26+/m0/s1. The lowest BCUT2D eigenvalue weighted by Crippen LogP contribution is -2.46. The lowest BCUT2D eigenvalue weighted by atomic mass is 9.94. The highest BCUT2D eigenvalue weighted by atomic mass is 32.2. The van der Waals surface area contributed by atoms with Crippen LogP contribution in [0.3, 0.4) is 0 Å². The van der Waals surface area contributed by atoms with Crippen molar-refractivity contribution in [2.24, 2.45) is 0 Å². The zero-order chi connectivity index (χ0) is 24.1. The maximum atomic E-state index is 13.9. The quantitative estimate of drug-likeness (QED) is 0.514. The summed E-state index contributed by atoms with van der Waals surface area (Å²) in [6.07, 6.45) is 5.38. The third-order valence-corrected chi connectivity index (χ3v) is 8.18. The molecule has 1 amide bonds. The van der Waals surface area contributed by atoms with Crippen LogP contribution in [-0.2, 0) is 14.3 Å². The van der Waals surface area contributed by atoms with Crippen molar-refractivity contribution in [3.63, 3.8) is 0 Å². The minimum absolute atomic E-state index is 0.175. The summed E-state index contributed by atoms with van der Waals surface area (Å²) in [7, 11) is 3.78. The predicted molar refractivity (Wildman–Crippen MR) is 135 cm³/mol. The van der Waals surface area contributed by atoms with Crippen LogP contribution < -0.4 is 9.64 Å². The van der Waals surface area contributed by atoms with Crippen molar-refractivity contribution in [2.75, 3.05) is 32.1 Å². The first kappa shape index (κ1) is 24.6. The summed E-state index contributed by atoms with van der Waals surface area (Å²) in [6.45, 7) is 2.69. The van der Waals surface area contributed by atoms with E-state index in [0.717, 1.165) is 28.4 Å². The highest BCUT2D eigenvalue weighted by Crippen LogP contribution is 2.46. The largest absolute Gasteiger partial charge is 0.497 e. The number of fused-ring (bicyclic) bond motifs is 1. The van der Waals surface area contributed by atoms with Crippen LogP contribution in [0.4, 0.5) is 5.69 Å². The average molecular weight is 483 g/mol. The van der Waals surface area contributed by atoms with Crippen molar-refractivity contribution >= 4 is 29.3 Å². The third-order valence-electron chi connectivity index (χ3n) is 6.81. The summed E-state index contributed by atoms with van der Waals surface area (Å²) in [5.41, 5.74) is 1.80. The van der Waals surface area contributed by atoms with Gasteiger partial charge in [-0.1, -0.05) is 43.5 Å². The van der Waals surface area contributed by atoms with Crippen molar-refractivity contribution in [1.29, 1.82) is 0 Å². The normalized spacial score (nSPS) is 21.2. The van der Waals surface area contributed by atoms with E-state index >= 15 is 0 Å². The van der Waals surface area contributed by atoms with Crippen LogP contribution >= 0.6 is 11.8 Å². The van der Waals surface area contributed by atoms with Crippen molar-refractivity contribution in [1.82, 2.24) is 4.90 Å². The number of hydrogen-bond acceptors (Lipinski definition) is 6. The molecule has 4 rings (SSSR count). The Morgan fingerprint density at radius 3 is 2.47 bits per heavy atom. The van der Waals surface area contributed by atoms with Crippen molar-refractivity contribution in [3.05, 3.63) is 54.1 Å². The topological polar surface area (TPSA) is 59.1 Å². The fourth-order valence-electron chi connectivity index (χ4n) is 4.90. The SMILES string of the molecule is COc1ccc([C@H]2Sc3ccccc3N(CCN(C)C3CCCCC3)C(=O)[C@H]2OC(C)=O)cc1. The highest BCUT2D eigenvalue weighted by molar-refractivity contribution is 7.99. The lowest BCUT2D eigenvalue weighted by molar-refractivity contribution is -0.152. The van der Waals surface area contributed by atoms with Gasteiger partial charge in [-0.05, 0) is 49.7 Å². The number of anilines is 1. The van der Waals surface area contributed by atoms with E-state index in [1.165, 1.54) is 39.0 Å². The smallest absolute Gasteiger partial charge is 0.303 e. The summed E-state index contributed by atoms with van der Waals surface area (Å²) in [5, 5.41) is -0.357. The molecule has 7 heteroatoms. The summed E-state index contributed by atoms with van der Waals surface area (Å²) in [6, 6.07) is 16.2. The Bertz CT molecular complexity index is 990. The molecule has 0 radical (unpaired) electrons. The molecule has 0 N–H and O–H groups in total. The molecular formula is C27H34N2O4S. The van der Waals surface area contributed by atoms with Crippen LogP contribution in [0.25, 0.3) is 0 Å². The highest BCUT2D eigenvalue weighted by Gasteiger charge is 2.40. The Morgan fingerprint density at radius 2 is 1.79 bits per heavy atom. The summed E-state index contributed by atoms with van der Waals surface area (Å²) >= 11 is 1.57. The molecule has 2 aliphatic rings. The van der Waals surface area contributed by atoms with E-state index in [2.05, 4.69) is 11.9 Å². The third kappa shape index (κ3) is 5.58. The molecular weight excluding hydrogens is 448 g/mol. The van der Waals surface area contributed by atoms with Crippen molar-refractivity contribution < 1.29 is 19.1 Å². The molecule has 2 aromatic rings. The molecule has 1 aliphatic heterocycles. The van der Waals surface area contributed by atoms with E-state index in [9.17, 15) is 9.59 Å². The second-order valence-corrected chi connectivity index (χ2v) is 10.3. The van der Waals surface area contributed by atoms with Crippen LogP contribution in [-0.4, -0.2) is 56.2 Å². The monoisotopic (exact) mass is 482 g/mol. The molecule has 182 valence electrons. The van der Waals surface area contributed by atoms with Gasteiger partial charge in [0.05, 0.1) is 18.0 Å². The van der Waals surface area contributed by atoms with Crippen molar-refractivity contribution in [3.8, 4) is 5.75 Å². The molecule has 1 heterocycles. The van der Waals surface area contributed by atoms with E-state index in [0.29, 0.717) is 12.6 Å². The maximum absolute atomic E-state index is 13.9. The Morgan fingerprint density at radius 1 is 1.09 bits per heavy atom. The summed E-state index contributed by atoms with van der Waals surface area (Å²) in [5.74, 6) is 0.110. The number of carbonyl (C=O) groups is 2. The van der Waals surface area contributed by atoms with Crippen LogP contribution in [0.2, 0.25) is 0 Å². The molecule has 0 unspecified atom stereocenters. The Labute approximate surface area is 206 Å². The van der Waals surface area contributed by atoms with Crippen LogP contribution in [0.1, 0.15) is 49.8 Å². The molecule has 0 aromatic heterocycles. The molecule has 34 heavy (non-hydrogen) atoms. The van der Waals surface area contributed by atoms with E-state index in [1.807, 2.05) is 53.4 Å². The van der Waals surface area contributed by atoms with Gasteiger partial charge >= 0.3 is 5.97 Å². The van der Waals surface area contributed by atoms with Gasteiger partial charge in [-0.25, -0.2) is 0 Å². The van der Waals surface area contributed by atoms with Gasteiger partial charge < -0.3 is 19.3 Å². The maximum Gasteiger partial charge on any atom is 0.303 e. The fourth-order valence-corrected chi connectivity index (χ4v) is 6.22. The molecule has 6 nitrogen and oxygen atoms in total. The fraction of sp³-hybridized carbons (Fsp3) is 0.481. The number of methoxy groups -OCH3 is 1. The molecule has 1 aliphatic carbocycles. The Kier molecular flexibility index (Phi) is 8.16.